The van der Waals surface area contributed by atoms with Crippen LogP contribution in [0.2, 0.25) is 0 Å². The monoisotopic (exact) mass is 459 g/mol. The Morgan fingerprint density at radius 3 is 2.38 bits per heavy atom. The van der Waals surface area contributed by atoms with Gasteiger partial charge in [0.15, 0.2) is 5.88 Å². The highest BCUT2D eigenvalue weighted by atomic mass is 19.1. The first-order valence-corrected chi connectivity index (χ1v) is 10.8. The molecule has 0 unspecified atom stereocenters. The lowest BCUT2D eigenvalue weighted by molar-refractivity contribution is -0.139. The molecule has 7 heteroatoms. The molecule has 0 aliphatic rings. The lowest BCUT2D eigenvalue weighted by atomic mass is 9.95. The maximum absolute atomic E-state index is 13.8. The van der Waals surface area contributed by atoms with Gasteiger partial charge in [0.05, 0.1) is 36.0 Å². The van der Waals surface area contributed by atoms with Crippen LogP contribution in [0.5, 0.6) is 5.88 Å². The van der Waals surface area contributed by atoms with Crippen LogP contribution in [0.4, 0.5) is 10.1 Å². The number of rotatable bonds is 6. The number of aliphatic imine (C=N–C) groups is 1. The normalized spacial score (nSPS) is 12.2. The second kappa shape index (κ2) is 9.11. The van der Waals surface area contributed by atoms with Gasteiger partial charge in [-0.15, -0.1) is 0 Å². The van der Waals surface area contributed by atoms with Gasteiger partial charge < -0.3 is 20.6 Å². The van der Waals surface area contributed by atoms with E-state index in [1.54, 1.807) is 6.07 Å². The van der Waals surface area contributed by atoms with Crippen LogP contribution in [0.1, 0.15) is 36.1 Å². The number of aromatic nitrogens is 1. The Morgan fingerprint density at radius 2 is 1.76 bits per heavy atom. The summed E-state index contributed by atoms with van der Waals surface area (Å²) in [4.78, 5) is 19.3. The number of nitrogens with one attached hydrogen (secondary N) is 1. The third-order valence-corrected chi connectivity index (χ3v) is 5.63. The SMILES string of the molecule is COC(=O)Cc1ccc(C(=Nc2ccc(C(C)(C)N)cc2)c2c(O)[nH]c3cc(F)ccc23)cc1. The van der Waals surface area contributed by atoms with Gasteiger partial charge in [-0.1, -0.05) is 36.4 Å². The predicted molar refractivity (Wildman–Crippen MR) is 131 cm³/mol. The molecule has 0 radical (unpaired) electrons. The molecule has 0 amide bonds. The molecule has 174 valence electrons. The fraction of sp³-hybridized carbons (Fsp3) is 0.185. The van der Waals surface area contributed by atoms with Crippen LogP contribution in [0.15, 0.2) is 71.7 Å². The van der Waals surface area contributed by atoms with Gasteiger partial charge in [0, 0.05) is 16.5 Å². The molecule has 0 spiro atoms. The van der Waals surface area contributed by atoms with Crippen molar-refractivity contribution in [1.82, 2.24) is 4.98 Å². The minimum absolute atomic E-state index is 0.113. The zero-order valence-corrected chi connectivity index (χ0v) is 19.2. The summed E-state index contributed by atoms with van der Waals surface area (Å²) in [6.07, 6.45) is 0.150. The Bertz CT molecular complexity index is 1370. The highest BCUT2D eigenvalue weighted by Gasteiger charge is 2.20. The number of esters is 1. The number of aromatic amines is 1. The number of carbonyl (C=O) groups is 1. The van der Waals surface area contributed by atoms with E-state index in [4.69, 9.17) is 15.5 Å². The van der Waals surface area contributed by atoms with Gasteiger partial charge >= 0.3 is 5.97 Å². The van der Waals surface area contributed by atoms with E-state index in [0.717, 1.165) is 16.7 Å². The van der Waals surface area contributed by atoms with Crippen molar-refractivity contribution in [3.05, 3.63) is 94.8 Å². The van der Waals surface area contributed by atoms with Crippen LogP contribution < -0.4 is 5.73 Å². The number of fused-ring (bicyclic) bond motifs is 1. The summed E-state index contributed by atoms with van der Waals surface area (Å²) in [7, 11) is 1.35. The zero-order chi connectivity index (χ0) is 24.5. The van der Waals surface area contributed by atoms with Gasteiger partial charge in [0.2, 0.25) is 0 Å². The second-order valence-electron chi connectivity index (χ2n) is 8.72. The number of ether oxygens (including phenoxy) is 1. The molecule has 1 heterocycles. The van der Waals surface area contributed by atoms with Crippen LogP contribution in [-0.4, -0.2) is 28.9 Å². The molecule has 34 heavy (non-hydrogen) atoms. The van der Waals surface area contributed by atoms with Crippen LogP contribution in [-0.2, 0) is 21.5 Å². The van der Waals surface area contributed by atoms with Crippen molar-refractivity contribution in [3.63, 3.8) is 0 Å². The lowest BCUT2D eigenvalue weighted by Crippen LogP contribution is -2.28. The van der Waals surface area contributed by atoms with Crippen LogP contribution >= 0.6 is 0 Å². The van der Waals surface area contributed by atoms with Gasteiger partial charge in [0.25, 0.3) is 0 Å². The average Bonchev–Trinajstić information content (AvgIpc) is 3.12. The number of hydrogen-bond donors (Lipinski definition) is 3. The largest absolute Gasteiger partial charge is 0.494 e. The first-order valence-electron chi connectivity index (χ1n) is 10.8. The molecule has 0 saturated carbocycles. The van der Waals surface area contributed by atoms with E-state index in [9.17, 15) is 14.3 Å². The number of aromatic hydroxyl groups is 1. The molecule has 3 aromatic carbocycles. The zero-order valence-electron chi connectivity index (χ0n) is 19.2. The van der Waals surface area contributed by atoms with Crippen molar-refractivity contribution >= 4 is 28.3 Å². The van der Waals surface area contributed by atoms with E-state index in [1.807, 2.05) is 62.4 Å². The van der Waals surface area contributed by atoms with Crippen molar-refractivity contribution in [2.45, 2.75) is 25.8 Å². The summed E-state index contributed by atoms with van der Waals surface area (Å²) in [5.74, 6) is -0.857. The number of hydrogen-bond acceptors (Lipinski definition) is 5. The maximum atomic E-state index is 13.8. The van der Waals surface area contributed by atoms with Gasteiger partial charge in [-0.2, -0.15) is 0 Å². The predicted octanol–water partition coefficient (Wildman–Crippen LogP) is 5.09. The molecule has 0 fully saturated rings. The van der Waals surface area contributed by atoms with E-state index in [2.05, 4.69) is 4.98 Å². The number of nitrogens with two attached hydrogens (primary N) is 1. The standard InChI is InChI=1S/C27H26FN3O3/c1-27(2,29)18-8-11-20(12-9-18)30-25(17-6-4-16(5-7-17)14-23(32)34-3)24-21-13-10-19(28)15-22(21)31-26(24)33/h4-13,15,31,33H,14,29H2,1-3H3. The maximum Gasteiger partial charge on any atom is 0.309 e. The van der Waals surface area contributed by atoms with Crippen LogP contribution in [0, 0.1) is 5.82 Å². The van der Waals surface area contributed by atoms with E-state index in [1.165, 1.54) is 19.2 Å². The molecular weight excluding hydrogens is 433 g/mol. The fourth-order valence-electron chi connectivity index (χ4n) is 3.77. The van der Waals surface area contributed by atoms with Gasteiger partial charge in [-0.25, -0.2) is 9.38 Å². The summed E-state index contributed by atoms with van der Waals surface area (Å²) in [5.41, 5.74) is 10.3. The topological polar surface area (TPSA) is 101 Å². The van der Waals surface area contributed by atoms with E-state index < -0.39 is 11.4 Å². The number of nitrogens with zero attached hydrogens (tertiary/aromatic N) is 1. The molecular formula is C27H26FN3O3. The average molecular weight is 460 g/mol. The Hall–Kier alpha value is -3.97. The van der Waals surface area contributed by atoms with Gasteiger partial charge in [0.1, 0.15) is 5.82 Å². The Balaban J connectivity index is 1.85. The Kier molecular flexibility index (Phi) is 6.22. The number of benzene rings is 3. The molecule has 1 aromatic heterocycles. The molecule has 0 aliphatic carbocycles. The highest BCUT2D eigenvalue weighted by Crippen LogP contribution is 2.32. The van der Waals surface area contributed by atoms with Crippen molar-refractivity contribution in [1.29, 1.82) is 0 Å². The van der Waals surface area contributed by atoms with Crippen molar-refractivity contribution in [3.8, 4) is 5.88 Å². The van der Waals surface area contributed by atoms with Crippen LogP contribution in [0.3, 0.4) is 0 Å². The Labute approximate surface area is 196 Å². The molecule has 0 atom stereocenters. The number of halogens is 1. The van der Waals surface area contributed by atoms with E-state index in [-0.39, 0.29) is 18.3 Å². The second-order valence-corrected chi connectivity index (χ2v) is 8.72. The molecule has 4 aromatic rings. The first-order chi connectivity index (χ1) is 16.2. The summed E-state index contributed by atoms with van der Waals surface area (Å²) < 4.78 is 18.5. The molecule has 0 bridgehead atoms. The Morgan fingerprint density at radius 1 is 1.09 bits per heavy atom. The molecule has 4 rings (SSSR count). The van der Waals surface area contributed by atoms with E-state index >= 15 is 0 Å². The molecule has 6 nitrogen and oxygen atoms in total. The highest BCUT2D eigenvalue weighted by molar-refractivity contribution is 6.21. The summed E-state index contributed by atoms with van der Waals surface area (Å²) in [6.45, 7) is 3.85. The summed E-state index contributed by atoms with van der Waals surface area (Å²) in [6, 6.07) is 19.1. The number of H-pyrrole nitrogens is 1. The van der Waals surface area contributed by atoms with Crippen molar-refractivity contribution in [2.24, 2.45) is 10.7 Å². The lowest BCUT2D eigenvalue weighted by Gasteiger charge is -2.19. The summed E-state index contributed by atoms with van der Waals surface area (Å²) >= 11 is 0. The fourth-order valence-corrected chi connectivity index (χ4v) is 3.77. The summed E-state index contributed by atoms with van der Waals surface area (Å²) in [5, 5.41) is 11.4. The third-order valence-electron chi connectivity index (χ3n) is 5.63. The smallest absolute Gasteiger partial charge is 0.309 e. The number of methoxy groups -OCH3 is 1. The number of carbonyl (C=O) groups excluding carboxylic acids is 1. The quantitative estimate of drug-likeness (QED) is 0.276. The van der Waals surface area contributed by atoms with Gasteiger partial charge in [-0.05, 0) is 55.3 Å². The molecule has 4 N–H and O–H groups in total. The van der Waals surface area contributed by atoms with Gasteiger partial charge in [-0.3, -0.25) is 4.79 Å². The van der Waals surface area contributed by atoms with E-state index in [0.29, 0.717) is 27.9 Å². The van der Waals surface area contributed by atoms with Crippen molar-refractivity contribution in [2.75, 3.05) is 7.11 Å². The minimum Gasteiger partial charge on any atom is -0.494 e. The molecule has 0 aliphatic heterocycles. The first kappa shape index (κ1) is 23.2. The minimum atomic E-state index is -0.486. The van der Waals surface area contributed by atoms with Crippen LogP contribution in [0.25, 0.3) is 10.9 Å². The molecule has 0 saturated heterocycles. The third kappa shape index (κ3) is 4.84. The van der Waals surface area contributed by atoms with Crippen molar-refractivity contribution < 1.29 is 19.0 Å².